The molecule has 1 aliphatic heterocycles. The molecule has 2 atom stereocenters. The van der Waals surface area contributed by atoms with Crippen LogP contribution in [0.25, 0.3) is 0 Å². The van der Waals surface area contributed by atoms with Crippen molar-refractivity contribution in [1.82, 2.24) is 20.4 Å². The van der Waals surface area contributed by atoms with Gasteiger partial charge in [-0.05, 0) is 44.4 Å². The van der Waals surface area contributed by atoms with Crippen LogP contribution in [0.15, 0.2) is 30.3 Å². The van der Waals surface area contributed by atoms with Crippen molar-refractivity contribution in [3.8, 4) is 0 Å². The maximum atomic E-state index is 12.8. The zero-order chi connectivity index (χ0) is 22.3. The summed E-state index contributed by atoms with van der Waals surface area (Å²) in [5.74, 6) is -0.877. The lowest BCUT2D eigenvalue weighted by Crippen LogP contribution is -2.61. The number of aliphatic hydroxyl groups excluding tert-OH is 1. The Morgan fingerprint density at radius 2 is 1.93 bits per heavy atom. The molecule has 1 aromatic heterocycles. The van der Waals surface area contributed by atoms with Gasteiger partial charge in [0.15, 0.2) is 0 Å². The third-order valence-corrected chi connectivity index (χ3v) is 5.51. The zero-order valence-electron chi connectivity index (χ0n) is 18.1. The monoisotopic (exact) mass is 416 g/mol. The number of carbonyl (C=O) groups excluding carboxylic acids is 1. The van der Waals surface area contributed by atoms with Crippen LogP contribution < -0.4 is 10.6 Å². The van der Waals surface area contributed by atoms with Crippen molar-refractivity contribution in [1.29, 1.82) is 0 Å². The smallest absolute Gasteiger partial charge is 0.300 e. The van der Waals surface area contributed by atoms with Crippen LogP contribution in [0, 0.1) is 13.8 Å². The lowest BCUT2D eigenvalue weighted by Gasteiger charge is -2.43. The number of hydrogen-bond acceptors (Lipinski definition) is 5. The quantitative estimate of drug-likeness (QED) is 0.586. The second kappa shape index (κ2) is 10.4. The number of nitrogens with zero attached hydrogens (tertiary/aromatic N) is 2. The summed E-state index contributed by atoms with van der Waals surface area (Å²) in [5, 5.41) is 28.9. The van der Waals surface area contributed by atoms with Gasteiger partial charge in [0.2, 0.25) is 5.91 Å². The molecule has 30 heavy (non-hydrogen) atoms. The molecule has 8 heteroatoms. The number of aromatic nitrogens is 2. The molecular formula is C22H32N4O4. The number of carbonyl (C=O) groups is 2. The number of aryl methyl sites for hydroxylation is 2. The predicted molar refractivity (Wildman–Crippen MR) is 114 cm³/mol. The number of amides is 1. The molecule has 1 fully saturated rings. The molecule has 0 spiro atoms. The SMILES string of the molecule is CC(=O)O.Cc1nn(C)c(C)c1CCC(=O)N[C@]1(c2ccccc2)CCNC[C@H]1O. The van der Waals surface area contributed by atoms with E-state index >= 15 is 0 Å². The molecule has 4 N–H and O–H groups in total. The van der Waals surface area contributed by atoms with Crippen LogP contribution in [0.1, 0.15) is 42.3 Å². The molecule has 1 amide bonds. The Morgan fingerprint density at radius 3 is 2.47 bits per heavy atom. The summed E-state index contributed by atoms with van der Waals surface area (Å²) in [5.41, 5.74) is 3.41. The summed E-state index contributed by atoms with van der Waals surface area (Å²) < 4.78 is 1.85. The van der Waals surface area contributed by atoms with E-state index in [1.807, 2.05) is 55.9 Å². The number of aliphatic hydroxyl groups is 1. The van der Waals surface area contributed by atoms with E-state index in [1.54, 1.807) is 0 Å². The van der Waals surface area contributed by atoms with Crippen LogP contribution in [0.5, 0.6) is 0 Å². The van der Waals surface area contributed by atoms with Crippen molar-refractivity contribution in [2.45, 2.75) is 51.7 Å². The molecule has 0 radical (unpaired) electrons. The molecule has 0 unspecified atom stereocenters. The van der Waals surface area contributed by atoms with Gasteiger partial charge in [-0.25, -0.2) is 0 Å². The van der Waals surface area contributed by atoms with Crippen LogP contribution >= 0.6 is 0 Å². The van der Waals surface area contributed by atoms with Crippen LogP contribution in [-0.4, -0.2) is 51.1 Å². The van der Waals surface area contributed by atoms with Gasteiger partial charge in [-0.3, -0.25) is 14.3 Å². The van der Waals surface area contributed by atoms with Crippen molar-refractivity contribution >= 4 is 11.9 Å². The van der Waals surface area contributed by atoms with Gasteiger partial charge in [-0.15, -0.1) is 0 Å². The van der Waals surface area contributed by atoms with E-state index in [1.165, 1.54) is 0 Å². The van der Waals surface area contributed by atoms with Gasteiger partial charge in [0, 0.05) is 32.6 Å². The number of piperidine rings is 1. The van der Waals surface area contributed by atoms with Crippen LogP contribution in [0.4, 0.5) is 0 Å². The molecular weight excluding hydrogens is 384 g/mol. The third kappa shape index (κ3) is 5.67. The molecule has 0 aliphatic carbocycles. The summed E-state index contributed by atoms with van der Waals surface area (Å²) >= 11 is 0. The fourth-order valence-electron chi connectivity index (χ4n) is 3.88. The summed E-state index contributed by atoms with van der Waals surface area (Å²) in [7, 11) is 1.92. The first kappa shape index (κ1) is 23.6. The molecule has 0 saturated carbocycles. The van der Waals surface area contributed by atoms with E-state index in [9.17, 15) is 9.90 Å². The molecule has 0 bridgehead atoms. The highest BCUT2D eigenvalue weighted by Crippen LogP contribution is 2.31. The maximum Gasteiger partial charge on any atom is 0.300 e. The average Bonchev–Trinajstić information content (AvgIpc) is 2.94. The number of carboxylic acid groups (broad SMARTS) is 1. The minimum atomic E-state index is -0.833. The van der Waals surface area contributed by atoms with E-state index in [2.05, 4.69) is 15.7 Å². The minimum absolute atomic E-state index is 0.0440. The molecule has 1 aromatic carbocycles. The summed E-state index contributed by atoms with van der Waals surface area (Å²) in [6.07, 6.45) is 1.03. The predicted octanol–water partition coefficient (Wildman–Crippen LogP) is 1.43. The standard InChI is InChI=1S/C20H28N4O2.C2H4O2/c1-14-17(15(2)24(3)23-14)9-10-19(26)22-20(11-12-21-13-18(20)25)16-7-5-4-6-8-16;1-2(3)4/h4-8,18,21,25H,9-13H2,1-3H3,(H,22,26);1H3,(H,3,4)/t18-,20+;/m1./s1. The summed E-state index contributed by atoms with van der Waals surface area (Å²) in [6, 6.07) is 9.79. The molecule has 2 aromatic rings. The first-order valence-electron chi connectivity index (χ1n) is 10.1. The van der Waals surface area contributed by atoms with Crippen molar-refractivity contribution in [3.63, 3.8) is 0 Å². The Bertz CT molecular complexity index is 862. The molecule has 3 rings (SSSR count). The zero-order valence-corrected chi connectivity index (χ0v) is 18.1. The van der Waals surface area contributed by atoms with E-state index in [0.717, 1.165) is 36.0 Å². The fourth-order valence-corrected chi connectivity index (χ4v) is 3.88. The third-order valence-electron chi connectivity index (χ3n) is 5.51. The Kier molecular flexibility index (Phi) is 8.14. The van der Waals surface area contributed by atoms with Crippen LogP contribution in [-0.2, 0) is 28.6 Å². The van der Waals surface area contributed by atoms with Gasteiger partial charge in [-0.2, -0.15) is 5.10 Å². The van der Waals surface area contributed by atoms with Crippen LogP contribution in [0.3, 0.4) is 0 Å². The highest BCUT2D eigenvalue weighted by Gasteiger charge is 2.42. The van der Waals surface area contributed by atoms with Crippen molar-refractivity contribution in [3.05, 3.63) is 52.8 Å². The van der Waals surface area contributed by atoms with Gasteiger partial charge in [0.1, 0.15) is 0 Å². The van der Waals surface area contributed by atoms with Crippen molar-refractivity contribution in [2.24, 2.45) is 7.05 Å². The van der Waals surface area contributed by atoms with Gasteiger partial charge >= 0.3 is 0 Å². The molecule has 1 aliphatic rings. The second-order valence-electron chi connectivity index (χ2n) is 7.65. The van der Waals surface area contributed by atoms with Gasteiger partial charge in [-0.1, -0.05) is 30.3 Å². The minimum Gasteiger partial charge on any atom is -0.481 e. The molecule has 164 valence electrons. The van der Waals surface area contributed by atoms with Gasteiger partial charge in [0.05, 0.1) is 17.3 Å². The molecule has 8 nitrogen and oxygen atoms in total. The Hall–Kier alpha value is -2.71. The first-order chi connectivity index (χ1) is 14.2. The topological polar surface area (TPSA) is 116 Å². The average molecular weight is 417 g/mol. The van der Waals surface area contributed by atoms with Crippen LogP contribution in [0.2, 0.25) is 0 Å². The van der Waals surface area contributed by atoms with E-state index < -0.39 is 17.6 Å². The lowest BCUT2D eigenvalue weighted by atomic mass is 9.79. The van der Waals surface area contributed by atoms with Crippen molar-refractivity contribution < 1.29 is 19.8 Å². The number of hydrogen-bond donors (Lipinski definition) is 4. The number of β-amino-alcohol motifs (C(OH)–C–C–N with tert-alkyl or cyclic N) is 1. The number of nitrogens with one attached hydrogen (secondary N) is 2. The van der Waals surface area contributed by atoms with Crippen molar-refractivity contribution in [2.75, 3.05) is 13.1 Å². The second-order valence-corrected chi connectivity index (χ2v) is 7.65. The van der Waals surface area contributed by atoms with Gasteiger partial charge < -0.3 is 20.8 Å². The number of carboxylic acids is 1. The number of aliphatic carboxylic acids is 1. The van der Waals surface area contributed by atoms with E-state index in [0.29, 0.717) is 25.8 Å². The lowest BCUT2D eigenvalue weighted by molar-refractivity contribution is -0.134. The Labute approximate surface area is 177 Å². The molecule has 1 saturated heterocycles. The number of rotatable bonds is 5. The normalized spacial score (nSPS) is 20.8. The van der Waals surface area contributed by atoms with E-state index in [-0.39, 0.29) is 5.91 Å². The Morgan fingerprint density at radius 1 is 1.30 bits per heavy atom. The maximum absolute atomic E-state index is 12.8. The Balaban J connectivity index is 0.000000735. The molecule has 2 heterocycles. The fraction of sp³-hybridized carbons (Fsp3) is 0.500. The highest BCUT2D eigenvalue weighted by molar-refractivity contribution is 5.77. The van der Waals surface area contributed by atoms with E-state index in [4.69, 9.17) is 9.90 Å². The largest absolute Gasteiger partial charge is 0.481 e. The summed E-state index contributed by atoms with van der Waals surface area (Å²) in [6.45, 7) is 6.31. The first-order valence-corrected chi connectivity index (χ1v) is 10.1. The van der Waals surface area contributed by atoms with Gasteiger partial charge in [0.25, 0.3) is 5.97 Å². The highest BCUT2D eigenvalue weighted by atomic mass is 16.4. The summed E-state index contributed by atoms with van der Waals surface area (Å²) in [4.78, 5) is 21.8. The number of benzene rings is 1.